The van der Waals surface area contributed by atoms with Gasteiger partial charge in [0.15, 0.2) is 17.3 Å². The molecule has 1 heterocycles. The maximum atomic E-state index is 12.1. The average molecular weight is 384 g/mol. The highest BCUT2D eigenvalue weighted by Gasteiger charge is 2.21. The van der Waals surface area contributed by atoms with Crippen molar-refractivity contribution in [2.24, 2.45) is 0 Å². The Morgan fingerprint density at radius 3 is 2.58 bits per heavy atom. The van der Waals surface area contributed by atoms with E-state index in [-0.39, 0.29) is 30.4 Å². The van der Waals surface area contributed by atoms with Gasteiger partial charge in [0.1, 0.15) is 0 Å². The molecule has 0 bridgehead atoms. The van der Waals surface area contributed by atoms with Crippen LogP contribution in [0.3, 0.4) is 0 Å². The molecule has 2 rings (SSSR count). The molecule has 0 N–H and O–H groups in total. The van der Waals surface area contributed by atoms with Gasteiger partial charge >= 0.3 is 0 Å². The van der Waals surface area contributed by atoms with Crippen LogP contribution in [0.2, 0.25) is 0 Å². The van der Waals surface area contributed by atoms with Gasteiger partial charge in [0, 0.05) is 26.1 Å². The smallest absolute Gasteiger partial charge is 0.161 e. The molecule has 1 aliphatic rings. The van der Waals surface area contributed by atoms with Crippen LogP contribution in [-0.4, -0.2) is 56.2 Å². The van der Waals surface area contributed by atoms with Crippen LogP contribution in [0.1, 0.15) is 32.8 Å². The highest BCUT2D eigenvalue weighted by atomic mass is 35.5. The van der Waals surface area contributed by atoms with E-state index in [1.54, 1.807) is 13.2 Å². The van der Waals surface area contributed by atoms with Crippen molar-refractivity contribution in [2.45, 2.75) is 39.4 Å². The summed E-state index contributed by atoms with van der Waals surface area (Å²) in [5.74, 6) is 1.51. The highest BCUT2D eigenvalue weighted by molar-refractivity contribution is 5.93. The van der Waals surface area contributed by atoms with Crippen LogP contribution in [0.5, 0.6) is 11.5 Å². The standard InChI is InChI=1S/C20H29NO4.ClH/c1-5-24-19-9-7-17(12-20(19)23-4)6-8-18(22)10-11-21-13-15(2)25-16(3)14-21;/h6-9,12,15-16H,5,10-11,13-14H2,1-4H3;1H. The summed E-state index contributed by atoms with van der Waals surface area (Å²) >= 11 is 0. The Morgan fingerprint density at radius 2 is 1.96 bits per heavy atom. The molecule has 1 aliphatic heterocycles. The van der Waals surface area contributed by atoms with Gasteiger partial charge in [-0.1, -0.05) is 12.1 Å². The van der Waals surface area contributed by atoms with E-state index < -0.39 is 0 Å². The summed E-state index contributed by atoms with van der Waals surface area (Å²) in [6.45, 7) is 9.21. The molecule has 1 saturated heterocycles. The maximum Gasteiger partial charge on any atom is 0.161 e. The zero-order valence-corrected chi connectivity index (χ0v) is 16.9. The zero-order chi connectivity index (χ0) is 18.2. The van der Waals surface area contributed by atoms with E-state index in [4.69, 9.17) is 14.2 Å². The van der Waals surface area contributed by atoms with Crippen LogP contribution < -0.4 is 9.47 Å². The quantitative estimate of drug-likeness (QED) is 0.642. The van der Waals surface area contributed by atoms with Crippen molar-refractivity contribution in [3.05, 3.63) is 29.8 Å². The fourth-order valence-corrected chi connectivity index (χ4v) is 3.07. The number of rotatable bonds is 8. The number of methoxy groups -OCH3 is 1. The van der Waals surface area contributed by atoms with Crippen LogP contribution >= 0.6 is 12.4 Å². The largest absolute Gasteiger partial charge is 0.493 e. The minimum absolute atomic E-state index is 0. The maximum absolute atomic E-state index is 12.1. The Kier molecular flexibility index (Phi) is 9.70. The molecule has 0 aliphatic carbocycles. The minimum atomic E-state index is 0. The molecule has 0 spiro atoms. The number of hydrogen-bond acceptors (Lipinski definition) is 5. The molecule has 5 nitrogen and oxygen atoms in total. The topological polar surface area (TPSA) is 48.0 Å². The van der Waals surface area contributed by atoms with Gasteiger partial charge in [-0.25, -0.2) is 0 Å². The van der Waals surface area contributed by atoms with E-state index in [0.717, 1.165) is 25.2 Å². The molecular weight excluding hydrogens is 354 g/mol. The Labute approximate surface area is 162 Å². The fraction of sp³-hybridized carbons (Fsp3) is 0.550. The highest BCUT2D eigenvalue weighted by Crippen LogP contribution is 2.28. The first-order valence-corrected chi connectivity index (χ1v) is 8.91. The Balaban J connectivity index is 0.00000338. The van der Waals surface area contributed by atoms with E-state index >= 15 is 0 Å². The number of ether oxygens (including phenoxy) is 3. The molecule has 146 valence electrons. The van der Waals surface area contributed by atoms with Gasteiger partial charge in [-0.05, 0) is 44.5 Å². The molecule has 0 aromatic heterocycles. The van der Waals surface area contributed by atoms with Crippen molar-refractivity contribution in [3.8, 4) is 11.5 Å². The van der Waals surface area contributed by atoms with E-state index in [0.29, 0.717) is 24.5 Å². The molecule has 1 fully saturated rings. The molecule has 0 radical (unpaired) electrons. The van der Waals surface area contributed by atoms with Gasteiger partial charge in [0.05, 0.1) is 25.9 Å². The van der Waals surface area contributed by atoms with Crippen molar-refractivity contribution in [2.75, 3.05) is 33.4 Å². The first kappa shape index (κ1) is 22.5. The number of morpholine rings is 1. The number of carbonyl (C=O) groups excluding carboxylic acids is 1. The van der Waals surface area contributed by atoms with Crippen LogP contribution in [0.15, 0.2) is 24.3 Å². The summed E-state index contributed by atoms with van der Waals surface area (Å²) < 4.78 is 16.5. The summed E-state index contributed by atoms with van der Waals surface area (Å²) in [6.07, 6.45) is 4.44. The summed E-state index contributed by atoms with van der Waals surface area (Å²) in [6, 6.07) is 5.66. The van der Waals surface area contributed by atoms with Gasteiger partial charge in [0.2, 0.25) is 0 Å². The normalized spacial score (nSPS) is 20.6. The summed E-state index contributed by atoms with van der Waals surface area (Å²) in [5, 5.41) is 0. The average Bonchev–Trinajstić information content (AvgIpc) is 2.58. The number of hydrogen-bond donors (Lipinski definition) is 0. The number of carbonyl (C=O) groups is 1. The predicted octanol–water partition coefficient (Wildman–Crippen LogP) is 3.60. The first-order valence-electron chi connectivity index (χ1n) is 8.91. The number of nitrogens with zero attached hydrogens (tertiary/aromatic N) is 1. The lowest BCUT2D eigenvalue weighted by Crippen LogP contribution is -2.45. The van der Waals surface area contributed by atoms with Crippen LogP contribution in [0.4, 0.5) is 0 Å². The Hall–Kier alpha value is -1.56. The second kappa shape index (κ2) is 11.2. The van der Waals surface area contributed by atoms with E-state index in [2.05, 4.69) is 18.7 Å². The second-order valence-corrected chi connectivity index (χ2v) is 6.41. The summed E-state index contributed by atoms with van der Waals surface area (Å²) in [4.78, 5) is 14.4. The van der Waals surface area contributed by atoms with Gasteiger partial charge in [0.25, 0.3) is 0 Å². The number of halogens is 1. The number of allylic oxidation sites excluding steroid dienone is 1. The lowest BCUT2D eigenvalue weighted by Gasteiger charge is -2.35. The third-order valence-corrected chi connectivity index (χ3v) is 4.12. The third kappa shape index (κ3) is 6.98. The van der Waals surface area contributed by atoms with Gasteiger partial charge < -0.3 is 14.2 Å². The van der Waals surface area contributed by atoms with Crippen molar-refractivity contribution >= 4 is 24.3 Å². The second-order valence-electron chi connectivity index (χ2n) is 6.41. The first-order chi connectivity index (χ1) is 12.0. The molecule has 0 amide bonds. The minimum Gasteiger partial charge on any atom is -0.493 e. The lowest BCUT2D eigenvalue weighted by atomic mass is 10.1. The van der Waals surface area contributed by atoms with Crippen molar-refractivity contribution in [1.29, 1.82) is 0 Å². The monoisotopic (exact) mass is 383 g/mol. The SMILES string of the molecule is CCOc1ccc(C=CC(=O)CCN2CC(C)OC(C)C2)cc1OC.Cl. The van der Waals surface area contributed by atoms with Crippen LogP contribution in [-0.2, 0) is 9.53 Å². The van der Waals surface area contributed by atoms with Crippen molar-refractivity contribution < 1.29 is 19.0 Å². The Morgan fingerprint density at radius 1 is 1.27 bits per heavy atom. The molecule has 1 aromatic rings. The third-order valence-electron chi connectivity index (χ3n) is 4.12. The van der Waals surface area contributed by atoms with E-state index in [1.165, 1.54) is 0 Å². The predicted molar refractivity (Wildman–Crippen MR) is 107 cm³/mol. The fourth-order valence-electron chi connectivity index (χ4n) is 3.07. The molecule has 2 atom stereocenters. The zero-order valence-electron chi connectivity index (χ0n) is 16.1. The summed E-state index contributed by atoms with van der Waals surface area (Å²) in [7, 11) is 1.61. The number of ketones is 1. The van der Waals surface area contributed by atoms with E-state index in [1.807, 2.05) is 31.2 Å². The molecule has 0 saturated carbocycles. The molecule has 2 unspecified atom stereocenters. The van der Waals surface area contributed by atoms with E-state index in [9.17, 15) is 4.79 Å². The van der Waals surface area contributed by atoms with Gasteiger partial charge in [-0.3, -0.25) is 9.69 Å². The van der Waals surface area contributed by atoms with Crippen molar-refractivity contribution in [3.63, 3.8) is 0 Å². The van der Waals surface area contributed by atoms with Gasteiger partial charge in [-0.2, -0.15) is 0 Å². The Bertz CT molecular complexity index is 595. The molecule has 1 aromatic carbocycles. The van der Waals surface area contributed by atoms with Crippen LogP contribution in [0, 0.1) is 0 Å². The van der Waals surface area contributed by atoms with Crippen molar-refractivity contribution in [1.82, 2.24) is 4.90 Å². The molecular formula is C20H30ClNO4. The number of benzene rings is 1. The molecule has 26 heavy (non-hydrogen) atoms. The van der Waals surface area contributed by atoms with Crippen LogP contribution in [0.25, 0.3) is 6.08 Å². The summed E-state index contributed by atoms with van der Waals surface area (Å²) in [5.41, 5.74) is 0.919. The lowest BCUT2D eigenvalue weighted by molar-refractivity contribution is -0.116. The van der Waals surface area contributed by atoms with Gasteiger partial charge in [-0.15, -0.1) is 12.4 Å². The molecule has 6 heteroatoms.